The van der Waals surface area contributed by atoms with E-state index in [2.05, 4.69) is 42.0 Å². The minimum Gasteiger partial charge on any atom is -0.483 e. The van der Waals surface area contributed by atoms with E-state index in [9.17, 15) is 9.59 Å². The van der Waals surface area contributed by atoms with Crippen LogP contribution in [0.5, 0.6) is 5.75 Å². The monoisotopic (exact) mass is 541 g/mol. The highest BCUT2D eigenvalue weighted by Crippen LogP contribution is 2.44. The fourth-order valence-corrected chi connectivity index (χ4v) is 6.06. The molecule has 1 heterocycles. The van der Waals surface area contributed by atoms with Crippen molar-refractivity contribution in [2.75, 3.05) is 19.0 Å². The predicted octanol–water partition coefficient (Wildman–Crippen LogP) is 6.74. The maximum Gasteiger partial charge on any atom is 0.341 e. The Bertz CT molecular complexity index is 1060. The molecule has 1 amide bonds. The topological polar surface area (TPSA) is 64.6 Å². The van der Waals surface area contributed by atoms with Gasteiger partial charge >= 0.3 is 5.97 Å². The highest BCUT2D eigenvalue weighted by atomic mass is 79.9. The van der Waals surface area contributed by atoms with Crippen LogP contribution >= 0.6 is 38.9 Å². The third-order valence-electron chi connectivity index (χ3n) is 6.06. The number of aryl methyl sites for hydroxylation is 1. The molecule has 1 aromatic carbocycles. The van der Waals surface area contributed by atoms with E-state index in [4.69, 9.17) is 21.1 Å². The van der Waals surface area contributed by atoms with Crippen molar-refractivity contribution in [3.05, 3.63) is 42.7 Å². The molecule has 8 heteroatoms. The van der Waals surface area contributed by atoms with Crippen molar-refractivity contribution in [3.63, 3.8) is 0 Å². The maximum absolute atomic E-state index is 12.7. The van der Waals surface area contributed by atoms with Crippen LogP contribution in [0.3, 0.4) is 0 Å². The summed E-state index contributed by atoms with van der Waals surface area (Å²) in [5, 5.41) is 4.08. The van der Waals surface area contributed by atoms with Gasteiger partial charge in [0.05, 0.1) is 17.1 Å². The average molecular weight is 543 g/mol. The van der Waals surface area contributed by atoms with Crippen molar-refractivity contribution in [2.24, 2.45) is 11.3 Å². The number of methoxy groups -OCH3 is 1. The molecule has 1 aromatic heterocycles. The third kappa shape index (κ3) is 5.15. The zero-order chi connectivity index (χ0) is 23.8. The zero-order valence-electron chi connectivity index (χ0n) is 19.3. The molecule has 1 N–H and O–H groups in total. The van der Waals surface area contributed by atoms with Gasteiger partial charge in [0.2, 0.25) is 0 Å². The van der Waals surface area contributed by atoms with E-state index in [0.717, 1.165) is 45.3 Å². The Morgan fingerprint density at radius 1 is 1.31 bits per heavy atom. The molecule has 1 aliphatic carbocycles. The first-order chi connectivity index (χ1) is 14.9. The van der Waals surface area contributed by atoms with Crippen molar-refractivity contribution < 1.29 is 19.1 Å². The summed E-state index contributed by atoms with van der Waals surface area (Å²) in [6.07, 6.45) is 2.72. The van der Waals surface area contributed by atoms with E-state index in [1.54, 1.807) is 6.07 Å². The Balaban J connectivity index is 1.79. The van der Waals surface area contributed by atoms with E-state index >= 15 is 0 Å². The Morgan fingerprint density at radius 2 is 2.00 bits per heavy atom. The van der Waals surface area contributed by atoms with E-state index < -0.39 is 5.97 Å². The standard InChI is InChI=1S/C24H29BrClNO4S/c1-12-9-16(20(25)13(2)21(12)26)31-11-18(28)27-22-19(23(29)30-6)15-8-7-14(24(3,4)5)10-17(15)32-22/h9,14H,7-8,10-11H2,1-6H3,(H,27,28). The van der Waals surface area contributed by atoms with Crippen LogP contribution in [0.1, 0.15) is 59.1 Å². The lowest BCUT2D eigenvalue weighted by molar-refractivity contribution is -0.118. The van der Waals surface area contributed by atoms with E-state index in [1.807, 2.05) is 13.8 Å². The molecule has 0 aliphatic heterocycles. The van der Waals surface area contributed by atoms with Crippen LogP contribution in [0.25, 0.3) is 0 Å². The second-order valence-electron chi connectivity index (χ2n) is 9.29. The van der Waals surface area contributed by atoms with Gasteiger partial charge in [-0.1, -0.05) is 32.4 Å². The van der Waals surface area contributed by atoms with Crippen LogP contribution in [0, 0.1) is 25.2 Å². The van der Waals surface area contributed by atoms with Crippen LogP contribution < -0.4 is 10.1 Å². The molecule has 174 valence electrons. The summed E-state index contributed by atoms with van der Waals surface area (Å²) in [7, 11) is 1.37. The second-order valence-corrected chi connectivity index (χ2v) is 11.6. The van der Waals surface area contributed by atoms with Gasteiger partial charge in [-0.2, -0.15) is 0 Å². The Hall–Kier alpha value is -1.57. The van der Waals surface area contributed by atoms with E-state index in [1.165, 1.54) is 18.4 Å². The first-order valence-electron chi connectivity index (χ1n) is 10.5. The van der Waals surface area contributed by atoms with Gasteiger partial charge in [-0.05, 0) is 83.1 Å². The summed E-state index contributed by atoms with van der Waals surface area (Å²) in [6.45, 7) is 10.3. The van der Waals surface area contributed by atoms with Gasteiger partial charge in [0, 0.05) is 9.90 Å². The highest BCUT2D eigenvalue weighted by Gasteiger charge is 2.34. The van der Waals surface area contributed by atoms with E-state index in [0.29, 0.717) is 27.3 Å². The Labute approximate surface area is 207 Å². The lowest BCUT2D eigenvalue weighted by Gasteiger charge is -2.33. The smallest absolute Gasteiger partial charge is 0.341 e. The molecule has 0 spiro atoms. The number of fused-ring (bicyclic) bond motifs is 1. The maximum atomic E-state index is 12.7. The summed E-state index contributed by atoms with van der Waals surface area (Å²) >= 11 is 11.2. The predicted molar refractivity (Wildman–Crippen MR) is 133 cm³/mol. The fraction of sp³-hybridized carbons (Fsp3) is 0.500. The molecule has 2 aromatic rings. The van der Waals surface area contributed by atoms with Crippen molar-refractivity contribution >= 4 is 55.7 Å². The number of carbonyl (C=O) groups is 2. The van der Waals surface area contributed by atoms with Crippen molar-refractivity contribution in [1.82, 2.24) is 0 Å². The molecular weight excluding hydrogens is 514 g/mol. The molecule has 0 saturated heterocycles. The lowest BCUT2D eigenvalue weighted by atomic mass is 9.72. The van der Waals surface area contributed by atoms with Crippen LogP contribution in [0.4, 0.5) is 5.00 Å². The normalized spacial score (nSPS) is 15.8. The largest absolute Gasteiger partial charge is 0.483 e. The molecule has 0 saturated carbocycles. The van der Waals surface area contributed by atoms with Gasteiger partial charge in [0.15, 0.2) is 6.61 Å². The zero-order valence-corrected chi connectivity index (χ0v) is 22.4. The molecule has 1 unspecified atom stereocenters. The number of nitrogens with one attached hydrogen (secondary N) is 1. The first-order valence-corrected chi connectivity index (χ1v) is 12.5. The number of halogens is 2. The molecule has 1 atom stereocenters. The number of carbonyl (C=O) groups excluding carboxylic acids is 2. The molecule has 0 radical (unpaired) electrons. The minimum absolute atomic E-state index is 0.187. The van der Waals surface area contributed by atoms with Gasteiger partial charge in [-0.25, -0.2) is 4.79 Å². The van der Waals surface area contributed by atoms with Gasteiger partial charge in [-0.3, -0.25) is 4.79 Å². The number of rotatable bonds is 5. The molecule has 5 nitrogen and oxygen atoms in total. The number of thiophene rings is 1. The van der Waals surface area contributed by atoms with Crippen LogP contribution in [-0.4, -0.2) is 25.6 Å². The quantitative estimate of drug-likeness (QED) is 0.425. The molecule has 0 fully saturated rings. The van der Waals surface area contributed by atoms with Crippen molar-refractivity contribution in [2.45, 2.75) is 53.9 Å². The number of ether oxygens (including phenoxy) is 2. The summed E-state index contributed by atoms with van der Waals surface area (Å²) in [5.41, 5.74) is 3.40. The summed E-state index contributed by atoms with van der Waals surface area (Å²) in [5.74, 6) is 0.323. The van der Waals surface area contributed by atoms with Gasteiger partial charge in [0.1, 0.15) is 10.8 Å². The van der Waals surface area contributed by atoms with Gasteiger partial charge < -0.3 is 14.8 Å². The van der Waals surface area contributed by atoms with Crippen LogP contribution in [-0.2, 0) is 22.4 Å². The highest BCUT2D eigenvalue weighted by molar-refractivity contribution is 9.10. The number of benzene rings is 1. The lowest BCUT2D eigenvalue weighted by Crippen LogP contribution is -2.26. The van der Waals surface area contributed by atoms with Gasteiger partial charge in [0.25, 0.3) is 5.91 Å². The third-order valence-corrected chi connectivity index (χ3v) is 8.80. The number of hydrogen-bond acceptors (Lipinski definition) is 5. The fourth-order valence-electron chi connectivity index (χ4n) is 4.04. The molecule has 3 rings (SSSR count). The Morgan fingerprint density at radius 3 is 2.62 bits per heavy atom. The molecule has 32 heavy (non-hydrogen) atoms. The SMILES string of the molecule is COC(=O)c1c(NC(=O)COc2cc(C)c(Cl)c(C)c2Br)sc2c1CCC(C(C)(C)C)C2. The summed E-state index contributed by atoms with van der Waals surface area (Å²) in [6, 6.07) is 1.79. The second kappa shape index (κ2) is 9.74. The number of anilines is 1. The van der Waals surface area contributed by atoms with Crippen molar-refractivity contribution in [3.8, 4) is 5.75 Å². The number of esters is 1. The minimum atomic E-state index is -0.417. The van der Waals surface area contributed by atoms with Crippen molar-refractivity contribution in [1.29, 1.82) is 0 Å². The molecule has 1 aliphatic rings. The first kappa shape index (κ1) is 25.1. The summed E-state index contributed by atoms with van der Waals surface area (Å²) < 4.78 is 11.5. The van der Waals surface area contributed by atoms with Crippen LogP contribution in [0.15, 0.2) is 10.5 Å². The van der Waals surface area contributed by atoms with E-state index in [-0.39, 0.29) is 17.9 Å². The number of hydrogen-bond donors (Lipinski definition) is 1. The molecule has 0 bridgehead atoms. The average Bonchev–Trinajstić information content (AvgIpc) is 3.09. The number of amides is 1. The molecular formula is C24H29BrClNO4S. The van der Waals surface area contributed by atoms with Crippen LogP contribution in [0.2, 0.25) is 5.02 Å². The Kier molecular flexibility index (Phi) is 7.62. The van der Waals surface area contributed by atoms with Gasteiger partial charge in [-0.15, -0.1) is 11.3 Å². The summed E-state index contributed by atoms with van der Waals surface area (Å²) in [4.78, 5) is 26.4.